The predicted molar refractivity (Wildman–Crippen MR) is 113 cm³/mol. The molecule has 2 heteroatoms. The molecule has 0 aromatic heterocycles. The lowest BCUT2D eigenvalue weighted by Gasteiger charge is -2.50. The van der Waals surface area contributed by atoms with Gasteiger partial charge in [0.2, 0.25) is 0 Å². The third-order valence-electron chi connectivity index (χ3n) is 7.89. The monoisotopic (exact) mass is 372 g/mol. The summed E-state index contributed by atoms with van der Waals surface area (Å²) < 4.78 is 6.22. The average Bonchev–Trinajstić information content (AvgIpc) is 2.98. The predicted octanol–water partition coefficient (Wildman–Crippen LogP) is 6.50. The number of hydrogen-bond acceptors (Lipinski definition) is 2. The highest BCUT2D eigenvalue weighted by molar-refractivity contribution is 5.41. The van der Waals surface area contributed by atoms with Crippen molar-refractivity contribution in [3.8, 4) is 5.75 Å². The van der Waals surface area contributed by atoms with Crippen molar-refractivity contribution in [2.75, 3.05) is 0 Å². The van der Waals surface area contributed by atoms with Crippen molar-refractivity contribution in [2.45, 2.75) is 104 Å². The van der Waals surface area contributed by atoms with Crippen LogP contribution in [0.25, 0.3) is 0 Å². The molecule has 0 amide bonds. The van der Waals surface area contributed by atoms with Crippen molar-refractivity contribution in [3.05, 3.63) is 29.3 Å². The first-order valence-electron chi connectivity index (χ1n) is 11.3. The van der Waals surface area contributed by atoms with E-state index in [4.69, 9.17) is 4.74 Å². The highest BCUT2D eigenvalue weighted by Crippen LogP contribution is 2.60. The minimum atomic E-state index is -0.0991. The number of aryl methyl sites for hydroxylation is 1. The summed E-state index contributed by atoms with van der Waals surface area (Å²) in [5.74, 6) is 3.20. The first kappa shape index (κ1) is 20.7. The normalized spacial score (nSPS) is 34.6. The largest absolute Gasteiger partial charge is 0.488 e. The summed E-state index contributed by atoms with van der Waals surface area (Å²) in [6.07, 6.45) is 8.04. The molecule has 4 rings (SSSR count). The number of fused-ring (bicyclic) bond motifs is 5. The van der Waals surface area contributed by atoms with Gasteiger partial charge in [-0.2, -0.15) is 0 Å². The molecule has 0 spiro atoms. The van der Waals surface area contributed by atoms with Crippen molar-refractivity contribution in [1.82, 2.24) is 0 Å². The lowest BCUT2D eigenvalue weighted by molar-refractivity contribution is -0.0226. The zero-order valence-corrected chi connectivity index (χ0v) is 18.3. The Morgan fingerprint density at radius 2 is 1.89 bits per heavy atom. The van der Waals surface area contributed by atoms with Crippen molar-refractivity contribution >= 4 is 0 Å². The number of ether oxygens (including phenoxy) is 1. The molecule has 5 unspecified atom stereocenters. The molecule has 0 aliphatic heterocycles. The molecule has 5 atom stereocenters. The maximum absolute atomic E-state index is 10.5. The van der Waals surface area contributed by atoms with Gasteiger partial charge in [0.25, 0.3) is 0 Å². The van der Waals surface area contributed by atoms with E-state index in [1.165, 1.54) is 37.7 Å². The lowest BCUT2D eigenvalue weighted by atomic mass is 9.55. The van der Waals surface area contributed by atoms with Crippen molar-refractivity contribution in [1.29, 1.82) is 0 Å². The molecule has 2 nitrogen and oxygen atoms in total. The quantitative estimate of drug-likeness (QED) is 0.656. The number of aliphatic hydroxyl groups is 1. The topological polar surface area (TPSA) is 29.5 Å². The second-order valence-electron chi connectivity index (χ2n) is 9.63. The zero-order chi connectivity index (χ0) is 19.8. The molecule has 0 saturated heterocycles. The summed E-state index contributed by atoms with van der Waals surface area (Å²) in [5.41, 5.74) is 3.15. The minimum Gasteiger partial charge on any atom is -0.488 e. The Labute approximate surface area is 166 Å². The molecule has 2 fully saturated rings. The Morgan fingerprint density at radius 3 is 2.59 bits per heavy atom. The molecule has 1 N–H and O–H groups in total. The van der Waals surface area contributed by atoms with Crippen LogP contribution in [0.15, 0.2) is 18.2 Å². The summed E-state index contributed by atoms with van der Waals surface area (Å²) in [4.78, 5) is 0. The Hall–Kier alpha value is -1.02. The molecule has 0 radical (unpaired) electrons. The summed E-state index contributed by atoms with van der Waals surface area (Å²) in [6.45, 7) is 12.9. The molecule has 0 bridgehead atoms. The van der Waals surface area contributed by atoms with Crippen LogP contribution in [0.4, 0.5) is 0 Å². The van der Waals surface area contributed by atoms with Gasteiger partial charge in [-0.05, 0) is 105 Å². The van der Waals surface area contributed by atoms with E-state index in [1.807, 2.05) is 13.8 Å². The standard InChI is InChI=1S/C23H34O2.C2H6/c1-5-22(2,3)25-16-7-9-17-15(14-16)6-8-19-18(17)12-13-23(4)20(19)10-11-21(23)24;1-2/h7,9,14,18-21,24H,5-6,8,10-13H2,1-4H3;1-2H3. The highest BCUT2D eigenvalue weighted by Gasteiger charge is 2.54. The summed E-state index contributed by atoms with van der Waals surface area (Å²) >= 11 is 0. The van der Waals surface area contributed by atoms with Gasteiger partial charge in [0.1, 0.15) is 11.4 Å². The van der Waals surface area contributed by atoms with Gasteiger partial charge in [0, 0.05) is 0 Å². The number of benzene rings is 1. The van der Waals surface area contributed by atoms with Crippen molar-refractivity contribution in [3.63, 3.8) is 0 Å². The van der Waals surface area contributed by atoms with Crippen LogP contribution in [0.1, 0.15) is 97.1 Å². The number of aliphatic hydroxyl groups excluding tert-OH is 1. The van der Waals surface area contributed by atoms with E-state index < -0.39 is 0 Å². The molecule has 1 aromatic carbocycles. The lowest BCUT2D eigenvalue weighted by Crippen LogP contribution is -2.43. The third kappa shape index (κ3) is 3.67. The van der Waals surface area contributed by atoms with Gasteiger partial charge in [0.15, 0.2) is 0 Å². The second kappa shape index (κ2) is 7.78. The van der Waals surface area contributed by atoms with Crippen LogP contribution in [0.2, 0.25) is 0 Å². The van der Waals surface area contributed by atoms with Crippen LogP contribution < -0.4 is 4.74 Å². The fourth-order valence-corrected chi connectivity index (χ4v) is 5.99. The van der Waals surface area contributed by atoms with Gasteiger partial charge in [-0.3, -0.25) is 0 Å². The van der Waals surface area contributed by atoms with E-state index >= 15 is 0 Å². The molecule has 2 saturated carbocycles. The van der Waals surface area contributed by atoms with E-state index in [1.54, 1.807) is 5.56 Å². The van der Waals surface area contributed by atoms with Crippen molar-refractivity contribution in [2.24, 2.45) is 17.3 Å². The average molecular weight is 373 g/mol. The molecular formula is C25H40O2. The van der Waals surface area contributed by atoms with Crippen molar-refractivity contribution < 1.29 is 9.84 Å². The highest BCUT2D eigenvalue weighted by atomic mass is 16.5. The van der Waals surface area contributed by atoms with Crippen LogP contribution in [-0.2, 0) is 6.42 Å². The maximum Gasteiger partial charge on any atom is 0.120 e. The molecule has 27 heavy (non-hydrogen) atoms. The fourth-order valence-electron chi connectivity index (χ4n) is 5.99. The van der Waals surface area contributed by atoms with Crippen LogP contribution in [0.5, 0.6) is 5.75 Å². The van der Waals surface area contributed by atoms with Gasteiger partial charge >= 0.3 is 0 Å². The van der Waals surface area contributed by atoms with Crippen LogP contribution in [0.3, 0.4) is 0 Å². The van der Waals surface area contributed by atoms with E-state index in [0.29, 0.717) is 11.8 Å². The van der Waals surface area contributed by atoms with Gasteiger partial charge in [-0.25, -0.2) is 0 Å². The molecule has 3 aliphatic rings. The van der Waals surface area contributed by atoms with E-state index in [0.717, 1.165) is 24.5 Å². The number of rotatable bonds is 3. The number of hydrogen-bond donors (Lipinski definition) is 1. The van der Waals surface area contributed by atoms with E-state index in [2.05, 4.69) is 45.9 Å². The fraction of sp³-hybridized carbons (Fsp3) is 0.760. The zero-order valence-electron chi connectivity index (χ0n) is 18.3. The van der Waals surface area contributed by atoms with E-state index in [-0.39, 0.29) is 17.1 Å². The Bertz CT molecular complexity index is 650. The van der Waals surface area contributed by atoms with Gasteiger partial charge in [0.05, 0.1) is 6.10 Å². The smallest absolute Gasteiger partial charge is 0.120 e. The molecule has 152 valence electrons. The SMILES string of the molecule is CC.CCC(C)(C)Oc1ccc2c(c1)CCC1C2CCC2(C)C(O)CCC12. The van der Waals surface area contributed by atoms with E-state index in [9.17, 15) is 5.11 Å². The molecule has 0 heterocycles. The van der Waals surface area contributed by atoms with Gasteiger partial charge in [-0.15, -0.1) is 0 Å². The first-order valence-corrected chi connectivity index (χ1v) is 11.3. The molecule has 3 aliphatic carbocycles. The summed E-state index contributed by atoms with van der Waals surface area (Å²) in [5, 5.41) is 10.5. The second-order valence-corrected chi connectivity index (χ2v) is 9.63. The molecular weight excluding hydrogens is 332 g/mol. The first-order chi connectivity index (χ1) is 12.8. The minimum absolute atomic E-state index is 0.0769. The Morgan fingerprint density at radius 1 is 1.15 bits per heavy atom. The van der Waals surface area contributed by atoms with Crippen LogP contribution in [-0.4, -0.2) is 16.8 Å². The Balaban J connectivity index is 0.00000102. The third-order valence-corrected chi connectivity index (χ3v) is 7.89. The summed E-state index contributed by atoms with van der Waals surface area (Å²) in [7, 11) is 0. The maximum atomic E-state index is 10.5. The van der Waals surface area contributed by atoms with Gasteiger partial charge < -0.3 is 9.84 Å². The Kier molecular flexibility index (Phi) is 5.96. The molecule has 1 aromatic rings. The summed E-state index contributed by atoms with van der Waals surface area (Å²) in [6, 6.07) is 6.84. The van der Waals surface area contributed by atoms with Gasteiger partial charge in [-0.1, -0.05) is 33.8 Å². The van der Waals surface area contributed by atoms with Crippen LogP contribution >= 0.6 is 0 Å². The van der Waals surface area contributed by atoms with Crippen LogP contribution in [0, 0.1) is 17.3 Å².